The second kappa shape index (κ2) is 8.64. The van der Waals surface area contributed by atoms with Crippen LogP contribution in [0.5, 0.6) is 0 Å². The molecule has 0 bridgehead atoms. The maximum Gasteiger partial charge on any atom is 0.240 e. The summed E-state index contributed by atoms with van der Waals surface area (Å²) in [6.45, 7) is 0.364. The van der Waals surface area contributed by atoms with Gasteiger partial charge in [0, 0.05) is 25.3 Å². The summed E-state index contributed by atoms with van der Waals surface area (Å²) in [4.78, 5) is 3.62. The minimum atomic E-state index is -3.52. The van der Waals surface area contributed by atoms with Crippen LogP contribution in [0.1, 0.15) is 35.6 Å². The van der Waals surface area contributed by atoms with Crippen molar-refractivity contribution in [3.05, 3.63) is 59.2 Å². The molecule has 2 aromatic rings. The number of fused-ring (bicyclic) bond motifs is 1. The van der Waals surface area contributed by atoms with E-state index in [2.05, 4.69) is 48.0 Å². The van der Waals surface area contributed by atoms with E-state index in [0.717, 1.165) is 30.5 Å². The second-order valence-electron chi connectivity index (χ2n) is 8.11. The Balaban J connectivity index is 1.75. The molecule has 2 aromatic carbocycles. The van der Waals surface area contributed by atoms with Gasteiger partial charge in [-0.25, -0.2) is 13.1 Å². The highest BCUT2D eigenvalue weighted by Gasteiger charge is 2.23. The molecule has 6 heteroatoms. The summed E-state index contributed by atoms with van der Waals surface area (Å²) < 4.78 is 28.6. The molecule has 0 heterocycles. The van der Waals surface area contributed by atoms with Gasteiger partial charge in [-0.15, -0.1) is 0 Å². The van der Waals surface area contributed by atoms with Crippen molar-refractivity contribution >= 4 is 15.7 Å². The number of rotatable bonds is 7. The first-order valence-electron chi connectivity index (χ1n) is 9.97. The van der Waals surface area contributed by atoms with E-state index in [0.29, 0.717) is 11.4 Å². The summed E-state index contributed by atoms with van der Waals surface area (Å²) in [5.41, 5.74) is 4.73. The SMILES string of the molecule is CN(C)c1ccc([C@@H](CNS(=O)(=O)c2ccc3c(c2)CCCC3)[NH+](C)C)cc1. The van der Waals surface area contributed by atoms with Gasteiger partial charge in [-0.2, -0.15) is 0 Å². The molecule has 0 unspecified atom stereocenters. The molecule has 0 spiro atoms. The lowest BCUT2D eigenvalue weighted by Crippen LogP contribution is -3.07. The van der Waals surface area contributed by atoms with E-state index in [1.165, 1.54) is 22.4 Å². The third-order valence-electron chi connectivity index (χ3n) is 5.62. The predicted molar refractivity (Wildman–Crippen MR) is 115 cm³/mol. The average Bonchev–Trinajstić information content (AvgIpc) is 2.67. The number of anilines is 1. The topological polar surface area (TPSA) is 53.9 Å². The number of sulfonamides is 1. The van der Waals surface area contributed by atoms with Gasteiger partial charge in [-0.05, 0) is 61.1 Å². The number of aryl methyl sites for hydroxylation is 2. The van der Waals surface area contributed by atoms with Crippen molar-refractivity contribution in [2.75, 3.05) is 39.6 Å². The highest BCUT2D eigenvalue weighted by atomic mass is 32.2. The van der Waals surface area contributed by atoms with Gasteiger partial charge < -0.3 is 9.80 Å². The normalized spacial score (nSPS) is 15.3. The lowest BCUT2D eigenvalue weighted by molar-refractivity contribution is -0.890. The highest BCUT2D eigenvalue weighted by Crippen LogP contribution is 2.24. The van der Waals surface area contributed by atoms with E-state index < -0.39 is 10.0 Å². The van der Waals surface area contributed by atoms with Crippen molar-refractivity contribution in [2.45, 2.75) is 36.6 Å². The van der Waals surface area contributed by atoms with Crippen LogP contribution in [-0.2, 0) is 22.9 Å². The summed E-state index contributed by atoms with van der Waals surface area (Å²) in [5.74, 6) is 0. The molecule has 2 N–H and O–H groups in total. The molecular weight excluding hydrogens is 370 g/mol. The zero-order chi connectivity index (χ0) is 20.3. The number of hydrogen-bond donors (Lipinski definition) is 2. The second-order valence-corrected chi connectivity index (χ2v) is 9.87. The molecule has 0 aliphatic heterocycles. The Labute approximate surface area is 169 Å². The van der Waals surface area contributed by atoms with Crippen LogP contribution >= 0.6 is 0 Å². The van der Waals surface area contributed by atoms with Crippen LogP contribution in [0.2, 0.25) is 0 Å². The number of quaternary nitrogens is 1. The van der Waals surface area contributed by atoms with Crippen LogP contribution in [0.15, 0.2) is 47.4 Å². The lowest BCUT2D eigenvalue weighted by Gasteiger charge is -2.23. The monoisotopic (exact) mass is 402 g/mol. The third-order valence-corrected chi connectivity index (χ3v) is 7.04. The van der Waals surface area contributed by atoms with Crippen molar-refractivity contribution in [3.63, 3.8) is 0 Å². The average molecular weight is 403 g/mol. The van der Waals surface area contributed by atoms with E-state index in [4.69, 9.17) is 0 Å². The van der Waals surface area contributed by atoms with E-state index in [9.17, 15) is 8.42 Å². The zero-order valence-corrected chi connectivity index (χ0v) is 18.1. The molecule has 1 atom stereocenters. The molecule has 3 rings (SSSR count). The molecule has 0 fully saturated rings. The van der Waals surface area contributed by atoms with Gasteiger partial charge in [0.1, 0.15) is 6.04 Å². The first kappa shape index (κ1) is 20.8. The first-order chi connectivity index (χ1) is 13.3. The standard InChI is InChI=1S/C22H31N3O2S/c1-24(2)20-12-9-18(10-13-20)22(25(3)4)16-23-28(26,27)21-14-11-17-7-5-6-8-19(17)15-21/h9-15,22-23H,5-8,16H2,1-4H3/p+1/t22-/m1/s1. The summed E-state index contributed by atoms with van der Waals surface area (Å²) in [6.07, 6.45) is 4.36. The summed E-state index contributed by atoms with van der Waals surface area (Å²) >= 11 is 0. The van der Waals surface area contributed by atoms with Gasteiger partial charge >= 0.3 is 0 Å². The van der Waals surface area contributed by atoms with E-state index in [1.807, 2.05) is 26.2 Å². The molecule has 28 heavy (non-hydrogen) atoms. The Morgan fingerprint density at radius 3 is 2.25 bits per heavy atom. The molecule has 0 saturated carbocycles. The molecule has 1 aliphatic carbocycles. The van der Waals surface area contributed by atoms with E-state index in [-0.39, 0.29) is 6.04 Å². The number of hydrogen-bond acceptors (Lipinski definition) is 3. The van der Waals surface area contributed by atoms with Crippen LogP contribution in [0.3, 0.4) is 0 Å². The fourth-order valence-corrected chi connectivity index (χ4v) is 4.91. The molecule has 0 saturated heterocycles. The summed E-state index contributed by atoms with van der Waals surface area (Å²) in [5, 5.41) is 0. The van der Waals surface area contributed by atoms with Gasteiger partial charge in [-0.3, -0.25) is 0 Å². The van der Waals surface area contributed by atoms with Gasteiger partial charge in [0.15, 0.2) is 0 Å². The van der Waals surface area contributed by atoms with Crippen LogP contribution in [0, 0.1) is 0 Å². The molecule has 1 aliphatic rings. The molecular formula is C22H32N3O2S+. The Kier molecular flexibility index (Phi) is 6.43. The number of benzene rings is 2. The Morgan fingerprint density at radius 2 is 1.64 bits per heavy atom. The van der Waals surface area contributed by atoms with E-state index >= 15 is 0 Å². The Bertz CT molecular complexity index is 906. The minimum Gasteiger partial charge on any atom is -0.378 e. The molecule has 152 valence electrons. The van der Waals surface area contributed by atoms with Crippen LogP contribution in [-0.4, -0.2) is 43.2 Å². The smallest absolute Gasteiger partial charge is 0.240 e. The largest absolute Gasteiger partial charge is 0.378 e. The maximum absolute atomic E-state index is 12.9. The van der Waals surface area contributed by atoms with Crippen LogP contribution in [0.4, 0.5) is 5.69 Å². The molecule has 0 aromatic heterocycles. The maximum atomic E-state index is 12.9. The number of nitrogens with zero attached hydrogens (tertiary/aromatic N) is 1. The molecule has 0 radical (unpaired) electrons. The van der Waals surface area contributed by atoms with Crippen molar-refractivity contribution in [1.82, 2.24) is 4.72 Å². The lowest BCUT2D eigenvalue weighted by atomic mass is 9.92. The third kappa shape index (κ3) is 4.74. The van der Waals surface area contributed by atoms with Crippen molar-refractivity contribution in [3.8, 4) is 0 Å². The number of nitrogens with one attached hydrogen (secondary N) is 2. The zero-order valence-electron chi connectivity index (χ0n) is 17.3. The molecule has 0 amide bonds. The van der Waals surface area contributed by atoms with E-state index in [1.54, 1.807) is 6.07 Å². The van der Waals surface area contributed by atoms with Gasteiger partial charge in [0.25, 0.3) is 0 Å². The molecule has 5 nitrogen and oxygen atoms in total. The highest BCUT2D eigenvalue weighted by molar-refractivity contribution is 7.89. The van der Waals surface area contributed by atoms with Crippen LogP contribution in [0.25, 0.3) is 0 Å². The van der Waals surface area contributed by atoms with Crippen molar-refractivity contribution in [1.29, 1.82) is 0 Å². The fraction of sp³-hybridized carbons (Fsp3) is 0.455. The Hall–Kier alpha value is -1.89. The van der Waals surface area contributed by atoms with Gasteiger partial charge in [0.05, 0.1) is 25.5 Å². The van der Waals surface area contributed by atoms with Gasteiger partial charge in [0.2, 0.25) is 10.0 Å². The summed E-state index contributed by atoms with van der Waals surface area (Å²) in [6, 6.07) is 13.9. The van der Waals surface area contributed by atoms with Crippen molar-refractivity contribution in [2.24, 2.45) is 0 Å². The first-order valence-corrected chi connectivity index (χ1v) is 11.4. The minimum absolute atomic E-state index is 0.0450. The summed E-state index contributed by atoms with van der Waals surface area (Å²) in [7, 11) is 4.60. The Morgan fingerprint density at radius 1 is 1.00 bits per heavy atom. The number of likely N-dealkylation sites (N-methyl/N-ethyl adjacent to an activating group) is 1. The van der Waals surface area contributed by atoms with Crippen LogP contribution < -0.4 is 14.5 Å². The fourth-order valence-electron chi connectivity index (χ4n) is 3.81. The predicted octanol–water partition coefficient (Wildman–Crippen LogP) is 1.80. The quantitative estimate of drug-likeness (QED) is 0.743. The van der Waals surface area contributed by atoms with Gasteiger partial charge in [-0.1, -0.05) is 18.2 Å². The van der Waals surface area contributed by atoms with Crippen molar-refractivity contribution < 1.29 is 13.3 Å².